The predicted molar refractivity (Wildman–Crippen MR) is 73.6 cm³/mol. The topological polar surface area (TPSA) is 110 Å². The van der Waals surface area contributed by atoms with Gasteiger partial charge in [-0.05, 0) is 18.9 Å². The van der Waals surface area contributed by atoms with Crippen molar-refractivity contribution in [2.75, 3.05) is 29.5 Å². The van der Waals surface area contributed by atoms with Crippen LogP contribution in [-0.4, -0.2) is 33.3 Å². The van der Waals surface area contributed by atoms with E-state index in [9.17, 15) is 0 Å². The second-order valence-corrected chi connectivity index (χ2v) is 4.81. The summed E-state index contributed by atoms with van der Waals surface area (Å²) in [6.07, 6.45) is 4.04. The van der Waals surface area contributed by atoms with Crippen molar-refractivity contribution in [3.63, 3.8) is 0 Å². The Hall–Kier alpha value is -2.31. The van der Waals surface area contributed by atoms with Gasteiger partial charge in [0.1, 0.15) is 11.6 Å². The van der Waals surface area contributed by atoms with Crippen LogP contribution in [0.2, 0.25) is 0 Å². The number of aromatic amines is 1. The Morgan fingerprint density at radius 2 is 2.21 bits per heavy atom. The van der Waals surface area contributed by atoms with Crippen molar-refractivity contribution < 1.29 is 0 Å². The number of hydrogen-bond donors (Lipinski definition) is 3. The zero-order valence-electron chi connectivity index (χ0n) is 10.6. The lowest BCUT2D eigenvalue weighted by Gasteiger charge is -2.33. The van der Waals surface area contributed by atoms with Gasteiger partial charge in [-0.3, -0.25) is 5.10 Å². The number of nitrogen functional groups attached to an aromatic ring is 2. The molecule has 3 heterocycles. The van der Waals surface area contributed by atoms with Gasteiger partial charge < -0.3 is 16.4 Å². The van der Waals surface area contributed by atoms with E-state index >= 15 is 0 Å². The van der Waals surface area contributed by atoms with Crippen LogP contribution in [0.25, 0.3) is 0 Å². The molecule has 3 rings (SSSR count). The number of nitrogens with two attached hydrogens (primary N) is 2. The second-order valence-electron chi connectivity index (χ2n) is 4.81. The van der Waals surface area contributed by atoms with Crippen LogP contribution < -0.4 is 16.4 Å². The summed E-state index contributed by atoms with van der Waals surface area (Å²) in [5, 5.41) is 7.06. The van der Waals surface area contributed by atoms with Gasteiger partial charge >= 0.3 is 0 Å². The first kappa shape index (κ1) is 11.8. The molecule has 1 aliphatic heterocycles. The Morgan fingerprint density at radius 1 is 1.32 bits per heavy atom. The second kappa shape index (κ2) is 4.75. The van der Waals surface area contributed by atoms with E-state index in [1.165, 1.54) is 5.69 Å². The molecular formula is C12H17N7. The molecule has 2 aromatic heterocycles. The van der Waals surface area contributed by atoms with Crippen molar-refractivity contribution in [1.82, 2.24) is 20.2 Å². The van der Waals surface area contributed by atoms with Gasteiger partial charge in [-0.1, -0.05) is 0 Å². The maximum absolute atomic E-state index is 5.72. The van der Waals surface area contributed by atoms with E-state index in [4.69, 9.17) is 11.5 Å². The van der Waals surface area contributed by atoms with Crippen molar-refractivity contribution in [2.24, 2.45) is 0 Å². The summed E-state index contributed by atoms with van der Waals surface area (Å²) >= 11 is 0. The average molecular weight is 259 g/mol. The van der Waals surface area contributed by atoms with E-state index in [-0.39, 0.29) is 5.95 Å². The van der Waals surface area contributed by atoms with E-state index in [0.717, 1.165) is 31.7 Å². The van der Waals surface area contributed by atoms with Crippen LogP contribution in [0, 0.1) is 0 Å². The summed E-state index contributed by atoms with van der Waals surface area (Å²) in [5.74, 6) is 1.87. The first-order valence-electron chi connectivity index (χ1n) is 6.36. The molecule has 1 aliphatic rings. The lowest BCUT2D eigenvalue weighted by Crippen LogP contribution is -2.35. The summed E-state index contributed by atoms with van der Waals surface area (Å²) in [5.41, 5.74) is 12.5. The van der Waals surface area contributed by atoms with E-state index < -0.39 is 0 Å². The highest BCUT2D eigenvalue weighted by Gasteiger charge is 2.23. The van der Waals surface area contributed by atoms with Gasteiger partial charge in [0.25, 0.3) is 0 Å². The molecule has 19 heavy (non-hydrogen) atoms. The predicted octanol–water partition coefficient (Wildman–Crippen LogP) is 0.748. The molecule has 5 N–H and O–H groups in total. The van der Waals surface area contributed by atoms with E-state index in [0.29, 0.717) is 11.7 Å². The van der Waals surface area contributed by atoms with Gasteiger partial charge in [0.2, 0.25) is 5.95 Å². The van der Waals surface area contributed by atoms with Gasteiger partial charge in [0.05, 0.1) is 0 Å². The third-order valence-corrected chi connectivity index (χ3v) is 3.46. The fourth-order valence-corrected chi connectivity index (χ4v) is 2.57. The zero-order valence-corrected chi connectivity index (χ0v) is 10.6. The summed E-state index contributed by atoms with van der Waals surface area (Å²) in [7, 11) is 0. The lowest BCUT2D eigenvalue weighted by molar-refractivity contribution is 0.498. The van der Waals surface area contributed by atoms with Crippen LogP contribution in [-0.2, 0) is 0 Å². The maximum Gasteiger partial charge on any atom is 0.223 e. The molecule has 1 unspecified atom stereocenters. The van der Waals surface area contributed by atoms with Crippen LogP contribution >= 0.6 is 0 Å². The van der Waals surface area contributed by atoms with Crippen LogP contribution in [0.15, 0.2) is 18.3 Å². The van der Waals surface area contributed by atoms with Crippen molar-refractivity contribution in [1.29, 1.82) is 0 Å². The number of H-pyrrole nitrogens is 1. The van der Waals surface area contributed by atoms with Crippen LogP contribution in [0.4, 0.5) is 17.6 Å². The van der Waals surface area contributed by atoms with Crippen LogP contribution in [0.1, 0.15) is 24.5 Å². The number of hydrogen-bond acceptors (Lipinski definition) is 6. The molecule has 1 saturated heterocycles. The standard InChI is InChI=1S/C12H17N7/c13-10-6-11(17-12(14)16-10)19-5-1-2-8(7-19)9-3-4-15-18-9/h3-4,6,8H,1-2,5,7H2,(H,15,18)(H4,13,14,16,17). The molecular weight excluding hydrogens is 242 g/mol. The Morgan fingerprint density at radius 3 is 2.95 bits per heavy atom. The highest BCUT2D eigenvalue weighted by atomic mass is 15.2. The third kappa shape index (κ3) is 2.44. The fraction of sp³-hybridized carbons (Fsp3) is 0.417. The molecule has 0 spiro atoms. The molecule has 7 nitrogen and oxygen atoms in total. The maximum atomic E-state index is 5.72. The molecule has 0 radical (unpaired) electrons. The molecule has 0 aliphatic carbocycles. The van der Waals surface area contributed by atoms with E-state index in [1.807, 2.05) is 6.07 Å². The van der Waals surface area contributed by atoms with Crippen molar-refractivity contribution in [2.45, 2.75) is 18.8 Å². The summed E-state index contributed by atoms with van der Waals surface area (Å²) < 4.78 is 0. The normalized spacial score (nSPS) is 19.6. The fourth-order valence-electron chi connectivity index (χ4n) is 2.57. The number of rotatable bonds is 2. The number of nitrogens with zero attached hydrogens (tertiary/aromatic N) is 4. The Kier molecular flexibility index (Phi) is 2.94. The largest absolute Gasteiger partial charge is 0.383 e. The molecule has 0 saturated carbocycles. The molecule has 0 amide bonds. The highest BCUT2D eigenvalue weighted by molar-refractivity contribution is 5.51. The Bertz CT molecular complexity index is 531. The summed E-state index contributed by atoms with van der Waals surface area (Å²) in [6.45, 7) is 1.85. The van der Waals surface area contributed by atoms with E-state index in [1.54, 1.807) is 12.3 Å². The molecule has 2 aromatic rings. The Balaban J connectivity index is 1.81. The Labute approximate surface area is 111 Å². The molecule has 100 valence electrons. The van der Waals surface area contributed by atoms with Crippen LogP contribution in [0.5, 0.6) is 0 Å². The number of piperidine rings is 1. The summed E-state index contributed by atoms with van der Waals surface area (Å²) in [4.78, 5) is 10.4. The minimum Gasteiger partial charge on any atom is -0.383 e. The average Bonchev–Trinajstić information content (AvgIpc) is 2.92. The molecule has 7 heteroatoms. The van der Waals surface area contributed by atoms with Crippen LogP contribution in [0.3, 0.4) is 0 Å². The van der Waals surface area contributed by atoms with Gasteiger partial charge in [-0.25, -0.2) is 0 Å². The van der Waals surface area contributed by atoms with Crippen molar-refractivity contribution in [3.8, 4) is 0 Å². The molecule has 1 fully saturated rings. The molecule has 1 atom stereocenters. The first-order valence-corrected chi connectivity index (χ1v) is 6.36. The number of aromatic nitrogens is 4. The lowest BCUT2D eigenvalue weighted by atomic mass is 9.95. The molecule has 0 aromatic carbocycles. The third-order valence-electron chi connectivity index (χ3n) is 3.46. The quantitative estimate of drug-likeness (QED) is 0.734. The van der Waals surface area contributed by atoms with E-state index in [2.05, 4.69) is 25.1 Å². The van der Waals surface area contributed by atoms with Gasteiger partial charge in [0.15, 0.2) is 0 Å². The van der Waals surface area contributed by atoms with Gasteiger partial charge in [-0.15, -0.1) is 0 Å². The monoisotopic (exact) mass is 259 g/mol. The highest BCUT2D eigenvalue weighted by Crippen LogP contribution is 2.28. The van der Waals surface area contributed by atoms with Gasteiger partial charge in [-0.2, -0.15) is 15.1 Å². The SMILES string of the molecule is Nc1cc(N2CCCC(c3ccn[nH]3)C2)nc(N)n1. The number of nitrogens with one attached hydrogen (secondary N) is 1. The zero-order chi connectivity index (χ0) is 13.2. The first-order chi connectivity index (χ1) is 9.22. The van der Waals surface area contributed by atoms with Crippen molar-refractivity contribution in [3.05, 3.63) is 24.0 Å². The summed E-state index contributed by atoms with van der Waals surface area (Å²) in [6, 6.07) is 3.79. The minimum atomic E-state index is 0.221. The number of anilines is 3. The molecule has 0 bridgehead atoms. The minimum absolute atomic E-state index is 0.221. The smallest absolute Gasteiger partial charge is 0.223 e. The van der Waals surface area contributed by atoms with Gasteiger partial charge in [0, 0.05) is 37.0 Å². The van der Waals surface area contributed by atoms with Crippen molar-refractivity contribution >= 4 is 17.6 Å².